The van der Waals surface area contributed by atoms with Crippen LogP contribution in [-0.4, -0.2) is 15.0 Å². The molecule has 0 saturated heterocycles. The van der Waals surface area contributed by atoms with Gasteiger partial charge in [-0.1, -0.05) is 0 Å². The Hall–Kier alpha value is -1.42. The van der Waals surface area contributed by atoms with E-state index in [1.807, 2.05) is 18.2 Å². The van der Waals surface area contributed by atoms with Gasteiger partial charge in [-0.05, 0) is 34.1 Å². The Labute approximate surface area is 88.3 Å². The number of nitrogens with one attached hydrogen (secondary N) is 1. The highest BCUT2D eigenvalue weighted by molar-refractivity contribution is 9.10. The summed E-state index contributed by atoms with van der Waals surface area (Å²) in [6.07, 6.45) is 3.56. The SMILES string of the molecule is Brc1cnc2c(c1)[nH]c1cccnc12. The highest BCUT2D eigenvalue weighted by Gasteiger charge is 2.05. The number of hydrogen-bond acceptors (Lipinski definition) is 2. The maximum Gasteiger partial charge on any atom is 0.114 e. The molecule has 0 bridgehead atoms. The van der Waals surface area contributed by atoms with E-state index >= 15 is 0 Å². The van der Waals surface area contributed by atoms with Crippen LogP contribution < -0.4 is 0 Å². The molecule has 0 amide bonds. The first-order valence-electron chi connectivity index (χ1n) is 4.22. The topological polar surface area (TPSA) is 41.6 Å². The second kappa shape index (κ2) is 2.78. The van der Waals surface area contributed by atoms with Crippen molar-refractivity contribution in [3.63, 3.8) is 0 Å². The van der Waals surface area contributed by atoms with Gasteiger partial charge in [0.1, 0.15) is 11.0 Å². The van der Waals surface area contributed by atoms with E-state index in [0.29, 0.717) is 0 Å². The fourth-order valence-electron chi connectivity index (χ4n) is 1.56. The van der Waals surface area contributed by atoms with Gasteiger partial charge < -0.3 is 4.98 Å². The molecule has 3 aromatic rings. The van der Waals surface area contributed by atoms with Gasteiger partial charge in [0, 0.05) is 16.9 Å². The number of aromatic amines is 1. The van der Waals surface area contributed by atoms with Crippen LogP contribution in [0.3, 0.4) is 0 Å². The van der Waals surface area contributed by atoms with Crippen molar-refractivity contribution in [2.45, 2.75) is 0 Å². The molecule has 68 valence electrons. The highest BCUT2D eigenvalue weighted by atomic mass is 79.9. The molecule has 1 N–H and O–H groups in total. The predicted octanol–water partition coefficient (Wildman–Crippen LogP) is 2.87. The lowest BCUT2D eigenvalue weighted by Gasteiger charge is -1.89. The lowest BCUT2D eigenvalue weighted by Crippen LogP contribution is -1.76. The molecule has 0 radical (unpaired) electrons. The Kier molecular flexibility index (Phi) is 1.58. The minimum absolute atomic E-state index is 0.920. The minimum Gasteiger partial charge on any atom is -0.352 e. The van der Waals surface area contributed by atoms with E-state index < -0.39 is 0 Å². The maximum absolute atomic E-state index is 4.33. The van der Waals surface area contributed by atoms with Crippen LogP contribution in [-0.2, 0) is 0 Å². The summed E-state index contributed by atoms with van der Waals surface area (Å²) in [5.74, 6) is 0. The Balaban J connectivity index is 2.57. The average molecular weight is 248 g/mol. The normalized spacial score (nSPS) is 11.2. The van der Waals surface area contributed by atoms with Crippen molar-refractivity contribution >= 4 is 38.0 Å². The first kappa shape index (κ1) is 7.94. The zero-order valence-electron chi connectivity index (χ0n) is 7.16. The molecule has 0 spiro atoms. The van der Waals surface area contributed by atoms with Gasteiger partial charge in [0.2, 0.25) is 0 Å². The summed E-state index contributed by atoms with van der Waals surface area (Å²) in [6, 6.07) is 5.91. The number of rotatable bonds is 0. The summed E-state index contributed by atoms with van der Waals surface area (Å²) in [4.78, 5) is 11.9. The fourth-order valence-corrected chi connectivity index (χ4v) is 1.89. The van der Waals surface area contributed by atoms with Crippen molar-refractivity contribution in [2.75, 3.05) is 0 Å². The smallest absolute Gasteiger partial charge is 0.114 e. The third-order valence-electron chi connectivity index (χ3n) is 2.16. The first-order chi connectivity index (χ1) is 6.84. The van der Waals surface area contributed by atoms with Gasteiger partial charge in [-0.2, -0.15) is 0 Å². The lowest BCUT2D eigenvalue weighted by molar-refractivity contribution is 1.38. The standard InChI is InChI=1S/C10H6BrN3/c11-6-4-8-10(13-5-6)9-7(14-8)2-1-3-12-9/h1-5,14H. The van der Waals surface area contributed by atoms with Crippen molar-refractivity contribution in [3.8, 4) is 0 Å². The summed E-state index contributed by atoms with van der Waals surface area (Å²) in [7, 11) is 0. The fraction of sp³-hybridized carbons (Fsp3) is 0. The predicted molar refractivity (Wildman–Crippen MR) is 59.1 cm³/mol. The summed E-state index contributed by atoms with van der Waals surface area (Å²) in [5, 5.41) is 0. The van der Waals surface area contributed by atoms with Gasteiger partial charge in [-0.25, -0.2) is 0 Å². The zero-order valence-corrected chi connectivity index (χ0v) is 8.75. The minimum atomic E-state index is 0.920. The average Bonchev–Trinajstić information content (AvgIpc) is 2.54. The lowest BCUT2D eigenvalue weighted by atomic mass is 10.3. The van der Waals surface area contributed by atoms with Crippen LogP contribution in [0.1, 0.15) is 0 Å². The van der Waals surface area contributed by atoms with Gasteiger partial charge in [0.15, 0.2) is 0 Å². The van der Waals surface area contributed by atoms with Crippen molar-refractivity contribution in [1.29, 1.82) is 0 Å². The molecule has 0 aliphatic rings. The van der Waals surface area contributed by atoms with E-state index in [0.717, 1.165) is 26.5 Å². The molecule has 0 aliphatic carbocycles. The van der Waals surface area contributed by atoms with Crippen LogP contribution >= 0.6 is 15.9 Å². The molecular weight excluding hydrogens is 242 g/mol. The van der Waals surface area contributed by atoms with Gasteiger partial charge in [0.25, 0.3) is 0 Å². The Morgan fingerprint density at radius 2 is 2.00 bits per heavy atom. The summed E-state index contributed by atoms with van der Waals surface area (Å²) in [5.41, 5.74) is 3.87. The van der Waals surface area contributed by atoms with Gasteiger partial charge in [0.05, 0.1) is 11.0 Å². The molecule has 0 aromatic carbocycles. The molecule has 3 heterocycles. The van der Waals surface area contributed by atoms with Crippen molar-refractivity contribution in [2.24, 2.45) is 0 Å². The summed E-state index contributed by atoms with van der Waals surface area (Å²) < 4.78 is 0.969. The maximum atomic E-state index is 4.33. The van der Waals surface area contributed by atoms with E-state index in [2.05, 4.69) is 30.9 Å². The molecule has 0 fully saturated rings. The molecule has 3 rings (SSSR count). The third kappa shape index (κ3) is 1.04. The van der Waals surface area contributed by atoms with Crippen LogP contribution in [0.2, 0.25) is 0 Å². The van der Waals surface area contributed by atoms with Gasteiger partial charge >= 0.3 is 0 Å². The largest absolute Gasteiger partial charge is 0.352 e. The van der Waals surface area contributed by atoms with E-state index in [-0.39, 0.29) is 0 Å². The second-order valence-electron chi connectivity index (χ2n) is 3.07. The highest BCUT2D eigenvalue weighted by Crippen LogP contribution is 2.23. The zero-order chi connectivity index (χ0) is 9.54. The number of fused-ring (bicyclic) bond motifs is 3. The molecule has 0 saturated carbocycles. The van der Waals surface area contributed by atoms with Crippen molar-refractivity contribution < 1.29 is 0 Å². The number of nitrogens with zero attached hydrogens (tertiary/aromatic N) is 2. The monoisotopic (exact) mass is 247 g/mol. The van der Waals surface area contributed by atoms with Crippen LogP contribution in [0.25, 0.3) is 22.1 Å². The number of aromatic nitrogens is 3. The van der Waals surface area contributed by atoms with E-state index in [4.69, 9.17) is 0 Å². The summed E-state index contributed by atoms with van der Waals surface area (Å²) >= 11 is 3.39. The van der Waals surface area contributed by atoms with E-state index in [1.165, 1.54) is 0 Å². The van der Waals surface area contributed by atoms with Crippen LogP contribution in [0.4, 0.5) is 0 Å². The van der Waals surface area contributed by atoms with E-state index in [9.17, 15) is 0 Å². The molecule has 0 unspecified atom stereocenters. The number of H-pyrrole nitrogens is 1. The molecular formula is C10H6BrN3. The molecule has 4 heteroatoms. The Morgan fingerprint density at radius 1 is 1.14 bits per heavy atom. The van der Waals surface area contributed by atoms with Crippen LogP contribution in [0.15, 0.2) is 35.1 Å². The number of pyridine rings is 2. The van der Waals surface area contributed by atoms with Gasteiger partial charge in [-0.3, -0.25) is 9.97 Å². The van der Waals surface area contributed by atoms with Crippen molar-refractivity contribution in [3.05, 3.63) is 35.1 Å². The Bertz CT molecular complexity index is 615. The molecule has 0 aliphatic heterocycles. The summed E-state index contributed by atoms with van der Waals surface area (Å²) in [6.45, 7) is 0. The van der Waals surface area contributed by atoms with Crippen LogP contribution in [0.5, 0.6) is 0 Å². The molecule has 3 aromatic heterocycles. The van der Waals surface area contributed by atoms with Gasteiger partial charge in [-0.15, -0.1) is 0 Å². The first-order valence-corrected chi connectivity index (χ1v) is 5.02. The number of halogens is 1. The number of hydrogen-bond donors (Lipinski definition) is 1. The third-order valence-corrected chi connectivity index (χ3v) is 2.59. The van der Waals surface area contributed by atoms with Crippen LogP contribution in [0, 0.1) is 0 Å². The molecule has 3 nitrogen and oxygen atoms in total. The van der Waals surface area contributed by atoms with Crippen molar-refractivity contribution in [1.82, 2.24) is 15.0 Å². The Morgan fingerprint density at radius 3 is 2.93 bits per heavy atom. The van der Waals surface area contributed by atoms with E-state index in [1.54, 1.807) is 12.4 Å². The molecule has 0 atom stereocenters. The molecule has 14 heavy (non-hydrogen) atoms. The quantitative estimate of drug-likeness (QED) is 0.664. The second-order valence-corrected chi connectivity index (χ2v) is 3.99.